The van der Waals surface area contributed by atoms with E-state index in [1.807, 2.05) is 0 Å². The molecule has 0 saturated heterocycles. The molecule has 0 rings (SSSR count). The van der Waals surface area contributed by atoms with Crippen molar-refractivity contribution in [3.8, 4) is 0 Å². The summed E-state index contributed by atoms with van der Waals surface area (Å²) in [5.41, 5.74) is 0. The molecule has 6 heteroatoms. The SMILES string of the molecule is CC/C=C\C/C=C\C/C=C\C/C=C\C/C=C\C/C=C\C/C=C\CCCC(=O)OCC(COC(=O)CCCCCCC/C=C\CCCCCCCCC)OC(=O)CCCCCCCCCCCCCCCCCCCCC. The van der Waals surface area contributed by atoms with Crippen LogP contribution in [0.2, 0.25) is 0 Å². The van der Waals surface area contributed by atoms with Gasteiger partial charge in [-0.3, -0.25) is 14.4 Å². The zero-order valence-corrected chi connectivity index (χ0v) is 50.0. The molecule has 0 bridgehead atoms. The van der Waals surface area contributed by atoms with Gasteiger partial charge in [-0.25, -0.2) is 0 Å². The van der Waals surface area contributed by atoms with Crippen molar-refractivity contribution in [2.75, 3.05) is 13.2 Å². The maximum Gasteiger partial charge on any atom is 0.306 e. The van der Waals surface area contributed by atoms with Gasteiger partial charge in [-0.2, -0.15) is 0 Å². The van der Waals surface area contributed by atoms with E-state index in [1.165, 1.54) is 167 Å². The smallest absolute Gasteiger partial charge is 0.306 e. The van der Waals surface area contributed by atoms with E-state index in [2.05, 4.69) is 118 Å². The lowest BCUT2D eigenvalue weighted by Crippen LogP contribution is -2.30. The average Bonchev–Trinajstić information content (AvgIpc) is 3.42. The highest BCUT2D eigenvalue weighted by atomic mass is 16.6. The number of carbonyl (C=O) groups excluding carboxylic acids is 3. The number of esters is 3. The van der Waals surface area contributed by atoms with Crippen LogP contribution in [0.1, 0.15) is 310 Å². The Kier molecular flexibility index (Phi) is 60.8. The van der Waals surface area contributed by atoms with E-state index in [0.717, 1.165) is 96.3 Å². The molecule has 0 spiro atoms. The lowest BCUT2D eigenvalue weighted by atomic mass is 10.0. The topological polar surface area (TPSA) is 78.9 Å². The fourth-order valence-corrected chi connectivity index (χ4v) is 9.02. The predicted molar refractivity (Wildman–Crippen MR) is 330 cm³/mol. The second-order valence-electron chi connectivity index (χ2n) is 21.3. The molecule has 0 fully saturated rings. The molecule has 0 aliphatic rings. The molecular weight excluding hydrogens is 937 g/mol. The highest BCUT2D eigenvalue weighted by molar-refractivity contribution is 5.71. The maximum atomic E-state index is 12.9. The van der Waals surface area contributed by atoms with Crippen molar-refractivity contribution >= 4 is 17.9 Å². The molecule has 0 aromatic carbocycles. The second kappa shape index (κ2) is 63.9. The molecule has 0 heterocycles. The van der Waals surface area contributed by atoms with Crippen LogP contribution in [-0.2, 0) is 28.6 Å². The first-order valence-electron chi connectivity index (χ1n) is 32.2. The molecule has 0 aromatic heterocycles. The Morgan fingerprint density at radius 2 is 0.526 bits per heavy atom. The van der Waals surface area contributed by atoms with Crippen LogP contribution in [0.15, 0.2) is 97.2 Å². The summed E-state index contributed by atoms with van der Waals surface area (Å²) in [5, 5.41) is 0. The molecule has 0 N–H and O–H groups in total. The van der Waals surface area contributed by atoms with Gasteiger partial charge in [-0.05, 0) is 96.3 Å². The average molecular weight is 1060 g/mol. The third-order valence-electron chi connectivity index (χ3n) is 13.8. The first-order valence-corrected chi connectivity index (χ1v) is 32.2. The minimum Gasteiger partial charge on any atom is -0.462 e. The normalized spacial score (nSPS) is 12.7. The maximum absolute atomic E-state index is 12.9. The van der Waals surface area contributed by atoms with Gasteiger partial charge in [0, 0.05) is 19.3 Å². The van der Waals surface area contributed by atoms with Crippen molar-refractivity contribution < 1.29 is 28.6 Å². The Balaban J connectivity index is 4.47. The highest BCUT2D eigenvalue weighted by Crippen LogP contribution is 2.16. The van der Waals surface area contributed by atoms with E-state index in [0.29, 0.717) is 19.3 Å². The molecule has 0 aliphatic carbocycles. The van der Waals surface area contributed by atoms with E-state index in [9.17, 15) is 14.4 Å². The third kappa shape index (κ3) is 61.2. The number of allylic oxidation sites excluding steroid dienone is 16. The molecule has 1 unspecified atom stereocenters. The molecule has 0 aromatic rings. The zero-order chi connectivity index (χ0) is 55.0. The van der Waals surface area contributed by atoms with E-state index in [1.54, 1.807) is 0 Å². The number of hydrogen-bond donors (Lipinski definition) is 0. The van der Waals surface area contributed by atoms with Crippen LogP contribution in [0, 0.1) is 0 Å². The van der Waals surface area contributed by atoms with Gasteiger partial charge in [0.25, 0.3) is 0 Å². The summed E-state index contributed by atoms with van der Waals surface area (Å²) < 4.78 is 16.9. The Labute approximate surface area is 470 Å². The Hall–Kier alpha value is -3.67. The minimum absolute atomic E-state index is 0.0976. The minimum atomic E-state index is -0.805. The first-order chi connectivity index (χ1) is 37.5. The third-order valence-corrected chi connectivity index (χ3v) is 13.8. The Morgan fingerprint density at radius 3 is 0.868 bits per heavy atom. The second-order valence-corrected chi connectivity index (χ2v) is 21.3. The summed E-state index contributed by atoms with van der Waals surface area (Å²) in [4.78, 5) is 38.3. The van der Waals surface area contributed by atoms with Crippen molar-refractivity contribution in [1.29, 1.82) is 0 Å². The van der Waals surface area contributed by atoms with Crippen LogP contribution in [-0.4, -0.2) is 37.2 Å². The summed E-state index contributed by atoms with van der Waals surface area (Å²) in [7, 11) is 0. The van der Waals surface area contributed by atoms with Crippen LogP contribution >= 0.6 is 0 Å². The Morgan fingerprint density at radius 1 is 0.276 bits per heavy atom. The van der Waals surface area contributed by atoms with Crippen LogP contribution in [0.5, 0.6) is 0 Å². The molecule has 436 valence electrons. The van der Waals surface area contributed by atoms with Gasteiger partial charge in [-0.15, -0.1) is 0 Å². The summed E-state index contributed by atoms with van der Waals surface area (Å²) in [6.07, 6.45) is 85.6. The van der Waals surface area contributed by atoms with Gasteiger partial charge in [0.05, 0.1) is 0 Å². The fourth-order valence-electron chi connectivity index (χ4n) is 9.02. The Bertz CT molecular complexity index is 1490. The van der Waals surface area contributed by atoms with Gasteiger partial charge in [0.1, 0.15) is 13.2 Å². The molecule has 0 saturated carbocycles. The van der Waals surface area contributed by atoms with Crippen LogP contribution in [0.4, 0.5) is 0 Å². The largest absolute Gasteiger partial charge is 0.462 e. The number of unbranched alkanes of at least 4 members (excludes halogenated alkanes) is 31. The van der Waals surface area contributed by atoms with Crippen molar-refractivity contribution in [2.24, 2.45) is 0 Å². The number of carbonyl (C=O) groups is 3. The van der Waals surface area contributed by atoms with Crippen LogP contribution < -0.4 is 0 Å². The number of hydrogen-bond acceptors (Lipinski definition) is 6. The monoisotopic (exact) mass is 1060 g/mol. The van der Waals surface area contributed by atoms with E-state index in [4.69, 9.17) is 14.2 Å². The van der Waals surface area contributed by atoms with Crippen LogP contribution in [0.25, 0.3) is 0 Å². The van der Waals surface area contributed by atoms with Gasteiger partial charge in [-0.1, -0.05) is 291 Å². The molecule has 0 amide bonds. The highest BCUT2D eigenvalue weighted by Gasteiger charge is 2.19. The molecule has 76 heavy (non-hydrogen) atoms. The fraction of sp³-hybridized carbons (Fsp3) is 0.729. The predicted octanol–water partition coefficient (Wildman–Crippen LogP) is 22.0. The van der Waals surface area contributed by atoms with E-state index >= 15 is 0 Å². The molecule has 6 nitrogen and oxygen atoms in total. The van der Waals surface area contributed by atoms with E-state index < -0.39 is 6.10 Å². The summed E-state index contributed by atoms with van der Waals surface area (Å²) in [5.74, 6) is -0.954. The summed E-state index contributed by atoms with van der Waals surface area (Å²) >= 11 is 0. The lowest BCUT2D eigenvalue weighted by Gasteiger charge is -2.18. The number of rotatable bonds is 58. The molecule has 0 radical (unpaired) electrons. The van der Waals surface area contributed by atoms with Crippen molar-refractivity contribution in [3.05, 3.63) is 97.2 Å². The van der Waals surface area contributed by atoms with Crippen molar-refractivity contribution in [3.63, 3.8) is 0 Å². The van der Waals surface area contributed by atoms with Gasteiger partial charge >= 0.3 is 17.9 Å². The molecule has 1 atom stereocenters. The summed E-state index contributed by atoms with van der Waals surface area (Å²) in [6, 6.07) is 0. The summed E-state index contributed by atoms with van der Waals surface area (Å²) in [6.45, 7) is 6.50. The first kappa shape index (κ1) is 72.3. The van der Waals surface area contributed by atoms with Crippen LogP contribution in [0.3, 0.4) is 0 Å². The molecule has 0 aliphatic heterocycles. The molecular formula is C70H120O6. The van der Waals surface area contributed by atoms with Gasteiger partial charge in [0.15, 0.2) is 6.10 Å². The van der Waals surface area contributed by atoms with Gasteiger partial charge in [0.2, 0.25) is 0 Å². The quantitative estimate of drug-likeness (QED) is 0.0261. The number of ether oxygens (including phenoxy) is 3. The van der Waals surface area contributed by atoms with Gasteiger partial charge < -0.3 is 14.2 Å². The zero-order valence-electron chi connectivity index (χ0n) is 50.0. The van der Waals surface area contributed by atoms with E-state index in [-0.39, 0.29) is 37.5 Å². The lowest BCUT2D eigenvalue weighted by molar-refractivity contribution is -0.167. The van der Waals surface area contributed by atoms with Crippen molar-refractivity contribution in [2.45, 2.75) is 316 Å². The van der Waals surface area contributed by atoms with Crippen molar-refractivity contribution in [1.82, 2.24) is 0 Å². The standard InChI is InChI=1S/C70H120O6/c1-4-7-10-13-16-19-22-25-28-31-33-34-35-36-38-39-42-45-48-51-54-57-60-63-69(72)75-66-67(65-74-68(71)62-59-56-53-50-47-44-41-30-27-24-21-18-15-12-9-6-3)76-70(73)64-61-58-55-52-49-46-43-40-37-32-29-26-23-20-17-14-11-8-5-2/h7,10,16,19,25,28,30,33-34,36,38,41-42,45,51,54,67H,4-6,8-9,11-15,17-18,20-24,26-27,29,31-32,35,37,39-40,43-44,46-50,52-53,55-66H2,1-3H3/b10-7-,19-16-,28-25-,34-33-,38-36-,41-30-,45-42-,54-51-.